The highest BCUT2D eigenvalue weighted by Gasteiger charge is 2.60. The maximum absolute atomic E-state index is 13.2. The Kier molecular flexibility index (Phi) is 13.2. The molecule has 4 heterocycles. The van der Waals surface area contributed by atoms with Gasteiger partial charge in [0.2, 0.25) is 0 Å². The second kappa shape index (κ2) is 18.2. The molecule has 15 atom stereocenters. The largest absolute Gasteiger partial charge is 0.445 e. The van der Waals surface area contributed by atoms with Crippen molar-refractivity contribution in [3.05, 3.63) is 71.8 Å². The molecule has 4 saturated heterocycles. The van der Waals surface area contributed by atoms with E-state index in [0.29, 0.717) is 12.8 Å². The fourth-order valence-electron chi connectivity index (χ4n) is 8.28. The number of nitrogens with one attached hydrogen (secondary N) is 2. The first-order valence-electron chi connectivity index (χ1n) is 19.6. The summed E-state index contributed by atoms with van der Waals surface area (Å²) in [7, 11) is 1.56. The van der Waals surface area contributed by atoms with Crippen molar-refractivity contribution in [3.63, 3.8) is 0 Å². The van der Waals surface area contributed by atoms with Crippen LogP contribution in [-0.4, -0.2) is 132 Å². The minimum Gasteiger partial charge on any atom is -0.445 e. The molecule has 57 heavy (non-hydrogen) atoms. The number of likely N-dealkylation sites (N-methyl/N-ethyl adjacent to an activating group) is 1. The lowest BCUT2D eigenvalue weighted by Gasteiger charge is -2.50. The van der Waals surface area contributed by atoms with E-state index >= 15 is 0 Å². The molecule has 1 aliphatic carbocycles. The summed E-state index contributed by atoms with van der Waals surface area (Å²) in [6.45, 7) is 3.60. The van der Waals surface area contributed by atoms with Gasteiger partial charge in [0.25, 0.3) is 0 Å². The number of ether oxygens (including phenoxy) is 8. The Labute approximate surface area is 330 Å². The molecule has 5 aliphatic rings. The molecule has 0 spiro atoms. The average Bonchev–Trinajstić information content (AvgIpc) is 3.50. The molecule has 2 aromatic rings. The van der Waals surface area contributed by atoms with E-state index in [2.05, 4.69) is 10.6 Å². The third-order valence-corrected chi connectivity index (χ3v) is 11.5. The molecular formula is C40H53N3O14. The van der Waals surface area contributed by atoms with Gasteiger partial charge in [0, 0.05) is 19.4 Å². The van der Waals surface area contributed by atoms with Crippen LogP contribution in [0.25, 0.3) is 0 Å². The van der Waals surface area contributed by atoms with Gasteiger partial charge in [0.05, 0.1) is 43.1 Å². The molecule has 9 unspecified atom stereocenters. The lowest BCUT2D eigenvalue weighted by Crippen LogP contribution is -2.65. The van der Waals surface area contributed by atoms with E-state index < -0.39 is 98.0 Å². The number of benzene rings is 2. The highest BCUT2D eigenvalue weighted by atomic mass is 16.8. The molecule has 5 fully saturated rings. The number of aliphatic hydroxyl groups excluding tert-OH is 3. The number of fused-ring (bicyclic) bond motifs is 3. The minimum absolute atomic E-state index is 0.0152. The fourth-order valence-corrected chi connectivity index (χ4v) is 8.28. The monoisotopic (exact) mass is 799 g/mol. The van der Waals surface area contributed by atoms with Crippen LogP contribution in [0.3, 0.4) is 0 Å². The van der Waals surface area contributed by atoms with Gasteiger partial charge in [-0.1, -0.05) is 74.5 Å². The molecule has 0 aromatic heterocycles. The van der Waals surface area contributed by atoms with Gasteiger partial charge in [-0.15, -0.1) is 0 Å². The Bertz CT molecular complexity index is 1660. The summed E-state index contributed by atoms with van der Waals surface area (Å²) < 4.78 is 48.4. The smallest absolute Gasteiger partial charge is 0.410 e. The quantitative estimate of drug-likeness (QED) is 0.207. The van der Waals surface area contributed by atoms with Crippen molar-refractivity contribution in [2.45, 2.75) is 132 Å². The number of hydrogen-bond acceptors (Lipinski definition) is 14. The highest BCUT2D eigenvalue weighted by Crippen LogP contribution is 2.42. The molecule has 2 aromatic carbocycles. The number of aliphatic hydroxyl groups is 3. The Morgan fingerprint density at radius 2 is 1.37 bits per heavy atom. The van der Waals surface area contributed by atoms with Crippen molar-refractivity contribution >= 4 is 18.3 Å². The van der Waals surface area contributed by atoms with Crippen LogP contribution in [0.1, 0.15) is 50.7 Å². The minimum atomic E-state index is -1.10. The van der Waals surface area contributed by atoms with E-state index in [1.165, 1.54) is 4.90 Å². The molecule has 5 N–H and O–H groups in total. The van der Waals surface area contributed by atoms with Crippen LogP contribution >= 0.6 is 0 Å². The van der Waals surface area contributed by atoms with Gasteiger partial charge in [0.15, 0.2) is 25.0 Å². The van der Waals surface area contributed by atoms with Crippen LogP contribution < -0.4 is 10.6 Å². The maximum atomic E-state index is 13.2. The van der Waals surface area contributed by atoms with Gasteiger partial charge in [0.1, 0.15) is 31.5 Å². The SMILES string of the molecule is CC1C[C@@H]2OC(O[C@H]3OC(CO)[C@@H](C)CC3O)C3C(OC(=O)N3C)C2O[C@@H]1O[C@H]1CC(O)[C@H](NC(=O)OCc2ccccc2)CC1NC(=O)OCc1ccccc1. The number of rotatable bonds is 11. The number of nitrogens with zero attached hydrogens (tertiary/aromatic N) is 1. The fraction of sp³-hybridized carbons (Fsp3) is 0.625. The first kappa shape index (κ1) is 41.1. The third kappa shape index (κ3) is 9.63. The molecule has 0 bridgehead atoms. The predicted molar refractivity (Wildman–Crippen MR) is 197 cm³/mol. The van der Waals surface area contributed by atoms with E-state index in [1.807, 2.05) is 74.5 Å². The number of carbonyl (C=O) groups is 3. The number of carbonyl (C=O) groups excluding carboxylic acids is 3. The second-order valence-electron chi connectivity index (χ2n) is 15.7. The van der Waals surface area contributed by atoms with Gasteiger partial charge < -0.3 is 63.8 Å². The Balaban J connectivity index is 1.03. The van der Waals surface area contributed by atoms with Crippen molar-refractivity contribution in [2.24, 2.45) is 11.8 Å². The van der Waals surface area contributed by atoms with Crippen molar-refractivity contribution < 1.29 is 67.6 Å². The van der Waals surface area contributed by atoms with E-state index in [9.17, 15) is 29.7 Å². The van der Waals surface area contributed by atoms with Crippen molar-refractivity contribution in [3.8, 4) is 0 Å². The Morgan fingerprint density at radius 3 is 2.00 bits per heavy atom. The summed E-state index contributed by atoms with van der Waals surface area (Å²) in [6, 6.07) is 16.1. The van der Waals surface area contributed by atoms with E-state index in [-0.39, 0.29) is 44.5 Å². The zero-order valence-corrected chi connectivity index (χ0v) is 32.2. The Morgan fingerprint density at radius 1 is 0.737 bits per heavy atom. The number of hydrogen-bond donors (Lipinski definition) is 5. The molecule has 3 amide bonds. The van der Waals surface area contributed by atoms with Crippen molar-refractivity contribution in [1.82, 2.24) is 15.5 Å². The summed E-state index contributed by atoms with van der Waals surface area (Å²) in [5.74, 6) is -0.387. The lowest BCUT2D eigenvalue weighted by atomic mass is 9.85. The summed E-state index contributed by atoms with van der Waals surface area (Å²) >= 11 is 0. The van der Waals surface area contributed by atoms with Gasteiger partial charge in [-0.05, 0) is 36.3 Å². The molecule has 17 nitrogen and oxygen atoms in total. The normalized spacial score (nSPS) is 37.6. The van der Waals surface area contributed by atoms with E-state index in [1.54, 1.807) is 7.05 Å². The maximum Gasteiger partial charge on any atom is 0.410 e. The highest BCUT2D eigenvalue weighted by molar-refractivity contribution is 5.71. The van der Waals surface area contributed by atoms with Crippen LogP contribution in [0, 0.1) is 11.8 Å². The molecule has 0 radical (unpaired) electrons. The Hall–Kier alpha value is -4.07. The van der Waals surface area contributed by atoms with Crippen molar-refractivity contribution in [2.75, 3.05) is 13.7 Å². The number of amides is 3. The molecule has 312 valence electrons. The van der Waals surface area contributed by atoms with E-state index in [4.69, 9.17) is 37.9 Å². The van der Waals surface area contributed by atoms with Crippen LogP contribution in [0.5, 0.6) is 0 Å². The first-order chi connectivity index (χ1) is 27.5. The average molecular weight is 800 g/mol. The second-order valence-corrected chi connectivity index (χ2v) is 15.7. The van der Waals surface area contributed by atoms with Gasteiger partial charge in [-0.3, -0.25) is 4.90 Å². The molecule has 7 rings (SSSR count). The molecule has 4 aliphatic heterocycles. The molecule has 1 saturated carbocycles. The van der Waals surface area contributed by atoms with Crippen LogP contribution in [0.2, 0.25) is 0 Å². The van der Waals surface area contributed by atoms with Crippen LogP contribution in [-0.2, 0) is 51.1 Å². The predicted octanol–water partition coefficient (Wildman–Crippen LogP) is 2.53. The summed E-state index contributed by atoms with van der Waals surface area (Å²) in [6.07, 6.45) is -9.83. The van der Waals surface area contributed by atoms with Crippen LogP contribution in [0.15, 0.2) is 60.7 Å². The van der Waals surface area contributed by atoms with Gasteiger partial charge >= 0.3 is 18.3 Å². The summed E-state index contributed by atoms with van der Waals surface area (Å²) in [5.41, 5.74) is 1.60. The topological polar surface area (TPSA) is 213 Å². The standard InChI is InChI=1S/C40H53N3O14/c1-21-14-28(46)36(54-31(21)18-44)57-37-32-34(56-40(49)43(32)3)33-30(53-37)15-22(2)35(55-33)52-29-17-27(45)25(41-38(47)50-19-23-10-6-4-7-11-23)16-26(29)42-39(48)51-20-24-12-8-5-9-13-24/h4-13,21-22,25-37,44-46H,14-20H2,1-3H3,(H,41,47)(H,42,48)/t21-,22?,25+,26?,27?,28?,29-,30-,31?,32?,33?,34?,35-,36+,37?/m0/s1. The third-order valence-electron chi connectivity index (χ3n) is 11.5. The summed E-state index contributed by atoms with van der Waals surface area (Å²) in [5, 5.41) is 37.5. The molecular weight excluding hydrogens is 746 g/mol. The zero-order chi connectivity index (χ0) is 40.2. The number of alkyl carbamates (subject to hydrolysis) is 2. The van der Waals surface area contributed by atoms with Gasteiger partial charge in [-0.2, -0.15) is 0 Å². The lowest BCUT2D eigenvalue weighted by molar-refractivity contribution is -0.370. The zero-order valence-electron chi connectivity index (χ0n) is 32.2. The van der Waals surface area contributed by atoms with E-state index in [0.717, 1.165) is 11.1 Å². The van der Waals surface area contributed by atoms with Crippen LogP contribution in [0.4, 0.5) is 14.4 Å². The first-order valence-corrected chi connectivity index (χ1v) is 19.6. The summed E-state index contributed by atoms with van der Waals surface area (Å²) in [4.78, 5) is 40.3. The molecule has 17 heteroatoms. The van der Waals surface area contributed by atoms with Crippen molar-refractivity contribution in [1.29, 1.82) is 0 Å². The van der Waals surface area contributed by atoms with Gasteiger partial charge in [-0.25, -0.2) is 14.4 Å².